The molecule has 0 bridgehead atoms. The number of carbonyl (C=O) groups is 1. The normalized spacial score (nSPS) is 13.5. The Hall–Kier alpha value is -3.92. The first-order chi connectivity index (χ1) is 17.6. The number of hydrogen-bond acceptors (Lipinski definition) is 6. The number of fused-ring (bicyclic) bond motifs is 1. The van der Waals surface area contributed by atoms with Gasteiger partial charge in [0.25, 0.3) is 15.7 Å². The number of rotatable bonds is 9. The molecule has 194 valence electrons. The Labute approximate surface area is 216 Å². The van der Waals surface area contributed by atoms with Crippen molar-refractivity contribution in [3.63, 3.8) is 0 Å². The fourth-order valence-corrected chi connectivity index (χ4v) is 5.94. The van der Waals surface area contributed by atoms with Crippen LogP contribution in [0.5, 0.6) is 5.75 Å². The predicted octanol–water partition coefficient (Wildman–Crippen LogP) is 4.47. The van der Waals surface area contributed by atoms with E-state index in [1.807, 2.05) is 13.0 Å². The highest BCUT2D eigenvalue weighted by Gasteiger charge is 2.30. The monoisotopic (exact) mass is 523 g/mol. The van der Waals surface area contributed by atoms with Gasteiger partial charge >= 0.3 is 0 Å². The molecule has 9 nitrogen and oxygen atoms in total. The molecule has 1 unspecified atom stereocenters. The molecule has 0 radical (unpaired) electrons. The van der Waals surface area contributed by atoms with E-state index in [4.69, 9.17) is 4.74 Å². The van der Waals surface area contributed by atoms with Crippen molar-refractivity contribution in [1.82, 2.24) is 5.32 Å². The third-order valence-corrected chi connectivity index (χ3v) is 8.38. The van der Waals surface area contributed by atoms with Gasteiger partial charge in [-0.2, -0.15) is 0 Å². The summed E-state index contributed by atoms with van der Waals surface area (Å²) in [6, 6.07) is 15.7. The molecule has 0 spiro atoms. The summed E-state index contributed by atoms with van der Waals surface area (Å²) < 4.78 is 33.5. The molecule has 10 heteroatoms. The molecule has 0 saturated carbocycles. The van der Waals surface area contributed by atoms with Crippen molar-refractivity contribution in [3.8, 4) is 5.75 Å². The number of benzene rings is 3. The Morgan fingerprint density at radius 3 is 2.46 bits per heavy atom. The van der Waals surface area contributed by atoms with E-state index in [9.17, 15) is 23.3 Å². The van der Waals surface area contributed by atoms with Gasteiger partial charge in [-0.1, -0.05) is 24.3 Å². The average molecular weight is 524 g/mol. The Morgan fingerprint density at radius 2 is 1.78 bits per heavy atom. The Balaban J connectivity index is 1.63. The number of sulfonamides is 1. The van der Waals surface area contributed by atoms with Gasteiger partial charge in [-0.05, 0) is 80.1 Å². The van der Waals surface area contributed by atoms with E-state index < -0.39 is 27.4 Å². The molecule has 1 aliphatic rings. The Morgan fingerprint density at radius 1 is 1.08 bits per heavy atom. The molecule has 0 fully saturated rings. The number of amides is 1. The van der Waals surface area contributed by atoms with Crippen LogP contribution in [0.15, 0.2) is 65.6 Å². The maximum atomic E-state index is 13.7. The molecule has 1 atom stereocenters. The molecule has 3 aromatic rings. The summed E-state index contributed by atoms with van der Waals surface area (Å²) in [5.74, 6) is 0.00996. The van der Waals surface area contributed by atoms with E-state index in [1.165, 1.54) is 49.4 Å². The minimum absolute atomic E-state index is 0.226. The summed E-state index contributed by atoms with van der Waals surface area (Å²) in [5.41, 5.74) is 3.80. The van der Waals surface area contributed by atoms with Gasteiger partial charge in [0.1, 0.15) is 12.3 Å². The second-order valence-electron chi connectivity index (χ2n) is 9.09. The van der Waals surface area contributed by atoms with Crippen molar-refractivity contribution in [1.29, 1.82) is 0 Å². The predicted molar refractivity (Wildman–Crippen MR) is 140 cm³/mol. The van der Waals surface area contributed by atoms with Crippen molar-refractivity contribution < 1.29 is 22.9 Å². The van der Waals surface area contributed by atoms with Crippen LogP contribution in [0.2, 0.25) is 0 Å². The highest BCUT2D eigenvalue weighted by atomic mass is 32.2. The molecule has 1 amide bonds. The SMILES string of the molecule is COc1ccc(N(CC(=O)NC(C)c2ccc3c(c2)CCC3)S(=O)(=O)c2ccc(C)c([N+](=O)[O-])c2)cc1. The van der Waals surface area contributed by atoms with E-state index in [0.29, 0.717) is 11.3 Å². The summed E-state index contributed by atoms with van der Waals surface area (Å²) in [6.07, 6.45) is 3.18. The van der Waals surface area contributed by atoms with Gasteiger partial charge in [-0.15, -0.1) is 0 Å². The topological polar surface area (TPSA) is 119 Å². The lowest BCUT2D eigenvalue weighted by Gasteiger charge is -2.25. The fraction of sp³-hybridized carbons (Fsp3) is 0.296. The molecule has 4 rings (SSSR count). The zero-order valence-electron chi connectivity index (χ0n) is 20.9. The number of carbonyl (C=O) groups excluding carboxylic acids is 1. The molecular formula is C27H29N3O6S. The summed E-state index contributed by atoms with van der Waals surface area (Å²) in [6.45, 7) is 2.87. The number of nitro benzene ring substituents is 1. The van der Waals surface area contributed by atoms with Crippen LogP contribution >= 0.6 is 0 Å². The van der Waals surface area contributed by atoms with Crippen LogP contribution in [-0.4, -0.2) is 32.9 Å². The second-order valence-corrected chi connectivity index (χ2v) is 10.9. The summed E-state index contributed by atoms with van der Waals surface area (Å²) in [7, 11) is -2.83. The van der Waals surface area contributed by atoms with Crippen LogP contribution in [0.4, 0.5) is 11.4 Å². The van der Waals surface area contributed by atoms with Crippen molar-refractivity contribution in [2.75, 3.05) is 18.0 Å². The maximum absolute atomic E-state index is 13.7. The van der Waals surface area contributed by atoms with Gasteiger partial charge in [0.05, 0.1) is 28.7 Å². The van der Waals surface area contributed by atoms with Crippen LogP contribution < -0.4 is 14.4 Å². The largest absolute Gasteiger partial charge is 0.497 e. The molecule has 0 aliphatic heterocycles. The minimum Gasteiger partial charge on any atom is -0.497 e. The number of ether oxygens (including phenoxy) is 1. The summed E-state index contributed by atoms with van der Waals surface area (Å²) >= 11 is 0. The number of methoxy groups -OCH3 is 1. The molecule has 0 aromatic heterocycles. The minimum atomic E-state index is -4.32. The lowest BCUT2D eigenvalue weighted by molar-refractivity contribution is -0.385. The van der Waals surface area contributed by atoms with Crippen LogP contribution in [0.25, 0.3) is 0 Å². The van der Waals surface area contributed by atoms with Crippen LogP contribution in [0.1, 0.15) is 41.6 Å². The van der Waals surface area contributed by atoms with Gasteiger partial charge < -0.3 is 10.1 Å². The lowest BCUT2D eigenvalue weighted by atomic mass is 10.0. The number of nitro groups is 1. The zero-order chi connectivity index (χ0) is 26.7. The third-order valence-electron chi connectivity index (χ3n) is 6.61. The molecule has 1 N–H and O–H groups in total. The second kappa shape index (κ2) is 10.6. The van der Waals surface area contributed by atoms with Gasteiger partial charge in [0, 0.05) is 11.6 Å². The molecule has 0 heterocycles. The first-order valence-electron chi connectivity index (χ1n) is 11.9. The van der Waals surface area contributed by atoms with Crippen LogP contribution in [0, 0.1) is 17.0 Å². The average Bonchev–Trinajstić information content (AvgIpc) is 3.35. The van der Waals surface area contributed by atoms with Crippen LogP contribution in [0.3, 0.4) is 0 Å². The molecule has 0 saturated heterocycles. The molecular weight excluding hydrogens is 494 g/mol. The van der Waals surface area contributed by atoms with E-state index in [1.54, 1.807) is 12.1 Å². The molecule has 37 heavy (non-hydrogen) atoms. The first-order valence-corrected chi connectivity index (χ1v) is 13.4. The summed E-state index contributed by atoms with van der Waals surface area (Å²) in [5, 5.41) is 14.3. The third kappa shape index (κ3) is 5.59. The molecule has 3 aromatic carbocycles. The number of hydrogen-bond donors (Lipinski definition) is 1. The van der Waals surface area contributed by atoms with Crippen molar-refractivity contribution in [3.05, 3.63) is 93.0 Å². The smallest absolute Gasteiger partial charge is 0.273 e. The lowest BCUT2D eigenvalue weighted by Crippen LogP contribution is -2.41. The van der Waals surface area contributed by atoms with Gasteiger partial charge in [0.2, 0.25) is 5.91 Å². The Kier molecular flexibility index (Phi) is 7.49. The number of anilines is 1. The first kappa shape index (κ1) is 26.2. The van der Waals surface area contributed by atoms with Gasteiger partial charge in [-0.3, -0.25) is 19.2 Å². The highest BCUT2D eigenvalue weighted by Crippen LogP contribution is 2.29. The van der Waals surface area contributed by atoms with Crippen LogP contribution in [-0.2, 0) is 27.7 Å². The van der Waals surface area contributed by atoms with Crippen molar-refractivity contribution >= 4 is 27.3 Å². The highest BCUT2D eigenvalue weighted by molar-refractivity contribution is 7.92. The maximum Gasteiger partial charge on any atom is 0.273 e. The van der Waals surface area contributed by atoms with E-state index >= 15 is 0 Å². The van der Waals surface area contributed by atoms with Gasteiger partial charge in [-0.25, -0.2) is 8.42 Å². The number of aryl methyl sites for hydroxylation is 3. The van der Waals surface area contributed by atoms with E-state index in [2.05, 4.69) is 17.4 Å². The van der Waals surface area contributed by atoms with Crippen molar-refractivity contribution in [2.24, 2.45) is 0 Å². The van der Waals surface area contributed by atoms with Crippen molar-refractivity contribution in [2.45, 2.75) is 44.0 Å². The van der Waals surface area contributed by atoms with Gasteiger partial charge in [0.15, 0.2) is 0 Å². The Bertz CT molecular complexity index is 1440. The zero-order valence-corrected chi connectivity index (χ0v) is 21.7. The standard InChI is InChI=1S/C27H29N3O6S/c1-18-7-14-25(16-26(18)30(32)33)37(34,35)29(23-10-12-24(36-3)13-11-23)17-27(31)28-19(2)21-9-8-20-5-4-6-22(20)15-21/h7-16,19H,4-6,17H2,1-3H3,(H,28,31). The molecule has 1 aliphatic carbocycles. The number of nitrogens with zero attached hydrogens (tertiary/aromatic N) is 2. The quantitative estimate of drug-likeness (QED) is 0.326. The van der Waals surface area contributed by atoms with E-state index in [-0.39, 0.29) is 22.3 Å². The fourth-order valence-electron chi connectivity index (χ4n) is 4.50. The van der Waals surface area contributed by atoms with E-state index in [0.717, 1.165) is 35.2 Å². The summed E-state index contributed by atoms with van der Waals surface area (Å²) in [4.78, 5) is 23.7. The number of nitrogens with one attached hydrogen (secondary N) is 1.